The summed E-state index contributed by atoms with van der Waals surface area (Å²) in [4.78, 5) is 12.7. The molecule has 0 aliphatic rings. The lowest BCUT2D eigenvalue weighted by molar-refractivity contribution is 1.06. The summed E-state index contributed by atoms with van der Waals surface area (Å²) in [6, 6.07) is 15.8. The van der Waals surface area contributed by atoms with Crippen LogP contribution in [0.4, 0.5) is 29.0 Å². The van der Waals surface area contributed by atoms with E-state index in [1.165, 1.54) is 6.33 Å². The first-order chi connectivity index (χ1) is 11.7. The molecule has 24 heavy (non-hydrogen) atoms. The third kappa shape index (κ3) is 4.42. The van der Waals surface area contributed by atoms with E-state index in [2.05, 4.69) is 53.8 Å². The fraction of sp³-hybridized carbons (Fsp3) is 0.118. The molecule has 0 atom stereocenters. The highest BCUT2D eigenvalue weighted by molar-refractivity contribution is 9.10. The van der Waals surface area contributed by atoms with Crippen molar-refractivity contribution < 1.29 is 0 Å². The Morgan fingerprint density at radius 1 is 0.875 bits per heavy atom. The molecule has 0 spiro atoms. The number of halogens is 1. The Kier molecular flexibility index (Phi) is 5.22. The van der Waals surface area contributed by atoms with Crippen LogP contribution in [0.25, 0.3) is 0 Å². The third-order valence-corrected chi connectivity index (χ3v) is 3.65. The van der Waals surface area contributed by atoms with E-state index in [0.29, 0.717) is 11.9 Å². The van der Waals surface area contributed by atoms with E-state index in [1.807, 2.05) is 48.5 Å². The second-order valence-electron chi connectivity index (χ2n) is 5.00. The second kappa shape index (κ2) is 7.74. The molecule has 1 heterocycles. The van der Waals surface area contributed by atoms with E-state index in [-0.39, 0.29) is 0 Å². The van der Waals surface area contributed by atoms with Crippen molar-refractivity contribution in [3.05, 3.63) is 59.3 Å². The summed E-state index contributed by atoms with van der Waals surface area (Å²) >= 11 is 3.44. The van der Waals surface area contributed by atoms with Gasteiger partial charge in [0.15, 0.2) is 0 Å². The largest absolute Gasteiger partial charge is 0.385 e. The molecule has 3 rings (SSSR count). The van der Waals surface area contributed by atoms with Gasteiger partial charge < -0.3 is 16.0 Å². The molecule has 0 radical (unpaired) electrons. The maximum absolute atomic E-state index is 4.39. The minimum Gasteiger partial charge on any atom is -0.385 e. The Balaban J connectivity index is 1.74. The van der Waals surface area contributed by atoms with Crippen molar-refractivity contribution in [2.24, 2.45) is 0 Å². The molecule has 3 aromatic rings. The van der Waals surface area contributed by atoms with Crippen LogP contribution in [0.3, 0.4) is 0 Å². The zero-order valence-electron chi connectivity index (χ0n) is 13.1. The maximum atomic E-state index is 4.39. The molecule has 0 aliphatic carbocycles. The molecular weight excluding hydrogens is 368 g/mol. The summed E-state index contributed by atoms with van der Waals surface area (Å²) in [5.41, 5.74) is 2.85. The topological polar surface area (TPSA) is 74.8 Å². The molecule has 0 bridgehead atoms. The zero-order valence-corrected chi connectivity index (χ0v) is 14.7. The summed E-state index contributed by atoms with van der Waals surface area (Å²) < 4.78 is 0.986. The smallest absolute Gasteiger partial charge is 0.232 e. The monoisotopic (exact) mass is 384 g/mol. The van der Waals surface area contributed by atoms with Crippen molar-refractivity contribution in [3.63, 3.8) is 0 Å². The highest BCUT2D eigenvalue weighted by Crippen LogP contribution is 2.20. The Morgan fingerprint density at radius 2 is 1.50 bits per heavy atom. The molecule has 0 saturated carbocycles. The van der Waals surface area contributed by atoms with Gasteiger partial charge in [0.05, 0.1) is 0 Å². The minimum atomic E-state index is 0.480. The van der Waals surface area contributed by atoms with Crippen LogP contribution in [0.5, 0.6) is 0 Å². The number of benzene rings is 2. The van der Waals surface area contributed by atoms with E-state index in [0.717, 1.165) is 28.1 Å². The van der Waals surface area contributed by atoms with Gasteiger partial charge >= 0.3 is 0 Å². The van der Waals surface area contributed by atoms with Crippen LogP contribution in [0, 0.1) is 0 Å². The van der Waals surface area contributed by atoms with E-state index in [4.69, 9.17) is 0 Å². The zero-order chi connectivity index (χ0) is 16.8. The van der Waals surface area contributed by atoms with Gasteiger partial charge in [0, 0.05) is 28.1 Å². The number of nitrogens with zero attached hydrogens (tertiary/aromatic N) is 3. The van der Waals surface area contributed by atoms with Crippen LogP contribution in [-0.4, -0.2) is 21.5 Å². The summed E-state index contributed by atoms with van der Waals surface area (Å²) in [6.07, 6.45) is 1.48. The first kappa shape index (κ1) is 16.2. The molecule has 122 valence electrons. The first-order valence-corrected chi connectivity index (χ1v) is 8.35. The number of anilines is 5. The standard InChI is InChI=1S/C17H17BrN6/c1-2-19-13-6-4-8-15(10-13)23-17-21-11-20-16(24-17)22-14-7-3-5-12(18)9-14/h3-11,19H,2H2,1H3,(H2,20,21,22,23,24). The van der Waals surface area contributed by atoms with Gasteiger partial charge in [-0.25, -0.2) is 9.97 Å². The lowest BCUT2D eigenvalue weighted by Gasteiger charge is -2.09. The van der Waals surface area contributed by atoms with Crippen molar-refractivity contribution in [1.82, 2.24) is 15.0 Å². The van der Waals surface area contributed by atoms with Gasteiger partial charge in [-0.15, -0.1) is 0 Å². The van der Waals surface area contributed by atoms with Gasteiger partial charge in [-0.2, -0.15) is 4.98 Å². The van der Waals surface area contributed by atoms with Crippen molar-refractivity contribution >= 4 is 44.9 Å². The van der Waals surface area contributed by atoms with E-state index in [9.17, 15) is 0 Å². The van der Waals surface area contributed by atoms with Crippen molar-refractivity contribution in [1.29, 1.82) is 0 Å². The van der Waals surface area contributed by atoms with Gasteiger partial charge in [0.2, 0.25) is 11.9 Å². The summed E-state index contributed by atoms with van der Waals surface area (Å²) in [6.45, 7) is 2.93. The van der Waals surface area contributed by atoms with Gasteiger partial charge in [-0.3, -0.25) is 0 Å². The van der Waals surface area contributed by atoms with E-state index >= 15 is 0 Å². The second-order valence-corrected chi connectivity index (χ2v) is 5.92. The molecular formula is C17H17BrN6. The molecule has 6 nitrogen and oxygen atoms in total. The highest BCUT2D eigenvalue weighted by Gasteiger charge is 2.03. The molecule has 0 aliphatic heterocycles. The maximum Gasteiger partial charge on any atom is 0.232 e. The van der Waals surface area contributed by atoms with Crippen LogP contribution in [0.2, 0.25) is 0 Å². The molecule has 3 N–H and O–H groups in total. The van der Waals surface area contributed by atoms with Gasteiger partial charge in [-0.05, 0) is 43.3 Å². The summed E-state index contributed by atoms with van der Waals surface area (Å²) in [7, 11) is 0. The van der Waals surface area contributed by atoms with E-state index in [1.54, 1.807) is 0 Å². The van der Waals surface area contributed by atoms with Crippen LogP contribution >= 0.6 is 15.9 Å². The Labute approximate surface area is 148 Å². The van der Waals surface area contributed by atoms with Crippen LogP contribution < -0.4 is 16.0 Å². The molecule has 0 saturated heterocycles. The molecule has 2 aromatic carbocycles. The molecule has 0 amide bonds. The quantitative estimate of drug-likeness (QED) is 0.578. The van der Waals surface area contributed by atoms with E-state index < -0.39 is 0 Å². The van der Waals surface area contributed by atoms with Gasteiger partial charge in [0.1, 0.15) is 6.33 Å². The van der Waals surface area contributed by atoms with Crippen LogP contribution in [0.15, 0.2) is 59.3 Å². The number of aromatic nitrogens is 3. The van der Waals surface area contributed by atoms with Crippen LogP contribution in [-0.2, 0) is 0 Å². The molecule has 7 heteroatoms. The first-order valence-electron chi connectivity index (χ1n) is 7.55. The van der Waals surface area contributed by atoms with Crippen molar-refractivity contribution in [3.8, 4) is 0 Å². The molecule has 0 unspecified atom stereocenters. The molecule has 1 aromatic heterocycles. The normalized spacial score (nSPS) is 10.2. The average Bonchev–Trinajstić information content (AvgIpc) is 2.56. The molecule has 0 fully saturated rings. The fourth-order valence-corrected chi connectivity index (χ4v) is 2.55. The fourth-order valence-electron chi connectivity index (χ4n) is 2.15. The summed E-state index contributed by atoms with van der Waals surface area (Å²) in [5, 5.41) is 9.62. The number of rotatable bonds is 6. The van der Waals surface area contributed by atoms with Crippen LogP contribution in [0.1, 0.15) is 6.92 Å². The van der Waals surface area contributed by atoms with Gasteiger partial charge in [0.25, 0.3) is 0 Å². The average molecular weight is 385 g/mol. The predicted molar refractivity (Wildman–Crippen MR) is 101 cm³/mol. The lowest BCUT2D eigenvalue weighted by atomic mass is 10.3. The van der Waals surface area contributed by atoms with Crippen molar-refractivity contribution in [2.75, 3.05) is 22.5 Å². The number of nitrogens with one attached hydrogen (secondary N) is 3. The SMILES string of the molecule is CCNc1cccc(Nc2ncnc(Nc3cccc(Br)c3)n2)c1. The minimum absolute atomic E-state index is 0.480. The Morgan fingerprint density at radius 3 is 2.17 bits per heavy atom. The Hall–Kier alpha value is -2.67. The summed E-state index contributed by atoms with van der Waals surface area (Å²) in [5.74, 6) is 0.963. The van der Waals surface area contributed by atoms with Crippen molar-refractivity contribution in [2.45, 2.75) is 6.92 Å². The highest BCUT2D eigenvalue weighted by atomic mass is 79.9. The van der Waals surface area contributed by atoms with Gasteiger partial charge in [-0.1, -0.05) is 28.1 Å². The number of hydrogen-bond donors (Lipinski definition) is 3. The Bertz CT molecular complexity index is 823. The lowest BCUT2D eigenvalue weighted by Crippen LogP contribution is -2.03. The predicted octanol–water partition coefficient (Wildman–Crippen LogP) is 4.55. The number of hydrogen-bond acceptors (Lipinski definition) is 6. The third-order valence-electron chi connectivity index (χ3n) is 3.15.